The van der Waals surface area contributed by atoms with Crippen molar-refractivity contribution in [1.82, 2.24) is 15.0 Å². The number of rotatable bonds is 2. The molecule has 2 N–H and O–H groups in total. The number of benzene rings is 1. The van der Waals surface area contributed by atoms with Gasteiger partial charge in [0.15, 0.2) is 0 Å². The molecule has 0 saturated carbocycles. The molecule has 1 aliphatic carbocycles. The van der Waals surface area contributed by atoms with Crippen LogP contribution in [-0.2, 0) is 12.8 Å². The Morgan fingerprint density at radius 2 is 2.00 bits per heavy atom. The first kappa shape index (κ1) is 14.6. The summed E-state index contributed by atoms with van der Waals surface area (Å²) in [5.74, 6) is 1.45. The van der Waals surface area contributed by atoms with Gasteiger partial charge in [-0.15, -0.1) is 0 Å². The first-order valence-corrected chi connectivity index (χ1v) is 9.02. The molecule has 5 heteroatoms. The zero-order valence-corrected chi connectivity index (χ0v) is 14.4. The van der Waals surface area contributed by atoms with Crippen molar-refractivity contribution < 1.29 is 0 Å². The van der Waals surface area contributed by atoms with E-state index >= 15 is 0 Å². The summed E-state index contributed by atoms with van der Waals surface area (Å²) >= 11 is 0. The van der Waals surface area contributed by atoms with Gasteiger partial charge in [0.05, 0.1) is 11.2 Å². The molecule has 1 atom stereocenters. The zero-order valence-electron chi connectivity index (χ0n) is 14.4. The average molecular weight is 331 g/mol. The van der Waals surface area contributed by atoms with Crippen molar-refractivity contribution >= 4 is 22.7 Å². The molecule has 1 fully saturated rings. The largest absolute Gasteiger partial charge is 0.384 e. The molecule has 5 nitrogen and oxygen atoms in total. The number of nitrogens with zero attached hydrogens (tertiary/aromatic N) is 4. The Bertz CT molecular complexity index is 981. The van der Waals surface area contributed by atoms with E-state index in [1.54, 1.807) is 0 Å². The number of hydrogen-bond donors (Lipinski definition) is 1. The van der Waals surface area contributed by atoms with E-state index in [1.165, 1.54) is 24.1 Å². The number of aryl methyl sites for hydroxylation is 1. The molecule has 2 aromatic heterocycles. The molecule has 0 spiro atoms. The summed E-state index contributed by atoms with van der Waals surface area (Å²) in [7, 11) is 0. The second-order valence-corrected chi connectivity index (χ2v) is 7.13. The van der Waals surface area contributed by atoms with Gasteiger partial charge in [0.2, 0.25) is 5.95 Å². The number of nitrogen functional groups attached to an aromatic ring is 1. The van der Waals surface area contributed by atoms with Gasteiger partial charge in [0.25, 0.3) is 0 Å². The van der Waals surface area contributed by atoms with Crippen molar-refractivity contribution in [2.45, 2.75) is 38.6 Å². The Hall–Kier alpha value is -2.69. The zero-order chi connectivity index (χ0) is 17.0. The molecule has 2 aliphatic rings. The van der Waals surface area contributed by atoms with E-state index in [2.05, 4.69) is 28.9 Å². The lowest BCUT2D eigenvalue weighted by molar-refractivity contribution is 0.470. The minimum atomic E-state index is 0.538. The fourth-order valence-corrected chi connectivity index (χ4v) is 3.89. The highest BCUT2D eigenvalue weighted by Gasteiger charge is 2.29. The molecular formula is C20H21N5. The van der Waals surface area contributed by atoms with E-state index in [4.69, 9.17) is 15.7 Å². The van der Waals surface area contributed by atoms with Crippen LogP contribution in [0.2, 0.25) is 0 Å². The second kappa shape index (κ2) is 5.41. The van der Waals surface area contributed by atoms with E-state index in [0.29, 0.717) is 11.9 Å². The summed E-state index contributed by atoms with van der Waals surface area (Å²) in [6.07, 6.45) is 4.52. The number of anilines is 2. The molecule has 0 bridgehead atoms. The van der Waals surface area contributed by atoms with Gasteiger partial charge < -0.3 is 10.6 Å². The van der Waals surface area contributed by atoms with Crippen LogP contribution in [0.25, 0.3) is 22.2 Å². The molecule has 1 aliphatic heterocycles. The lowest BCUT2D eigenvalue weighted by atomic mass is 10.0. The molecule has 0 amide bonds. The highest BCUT2D eigenvalue weighted by Crippen LogP contribution is 2.34. The van der Waals surface area contributed by atoms with Crippen LogP contribution >= 0.6 is 0 Å². The first-order valence-electron chi connectivity index (χ1n) is 9.02. The van der Waals surface area contributed by atoms with Gasteiger partial charge in [-0.3, -0.25) is 0 Å². The maximum Gasteiger partial charge on any atom is 0.226 e. The molecule has 126 valence electrons. The average Bonchev–Trinajstić information content (AvgIpc) is 3.08. The summed E-state index contributed by atoms with van der Waals surface area (Å²) in [6, 6.07) is 10.7. The third-order valence-corrected chi connectivity index (χ3v) is 5.48. The van der Waals surface area contributed by atoms with Crippen LogP contribution in [0, 0.1) is 0 Å². The smallest absolute Gasteiger partial charge is 0.226 e. The van der Waals surface area contributed by atoms with Gasteiger partial charge in [0, 0.05) is 34.8 Å². The van der Waals surface area contributed by atoms with E-state index < -0.39 is 0 Å². The van der Waals surface area contributed by atoms with Gasteiger partial charge in [-0.2, -0.15) is 0 Å². The molecule has 3 aromatic rings. The molecular weight excluding hydrogens is 310 g/mol. The van der Waals surface area contributed by atoms with Crippen LogP contribution in [0.15, 0.2) is 30.3 Å². The summed E-state index contributed by atoms with van der Waals surface area (Å²) in [6.45, 7) is 3.30. The second-order valence-electron chi connectivity index (χ2n) is 7.13. The molecule has 3 heterocycles. The molecule has 0 radical (unpaired) electrons. The Kier molecular flexibility index (Phi) is 3.17. The lowest BCUT2D eigenvalue weighted by Crippen LogP contribution is -2.46. The number of nitrogens with two attached hydrogens (primary N) is 1. The topological polar surface area (TPSA) is 67.9 Å². The summed E-state index contributed by atoms with van der Waals surface area (Å²) < 4.78 is 0. The molecule has 1 unspecified atom stereocenters. The van der Waals surface area contributed by atoms with Crippen LogP contribution < -0.4 is 10.6 Å². The maximum atomic E-state index is 5.80. The number of pyridine rings is 1. The number of fused-ring (bicyclic) bond motifs is 2. The summed E-state index contributed by atoms with van der Waals surface area (Å²) in [5, 5.41) is 1.09. The van der Waals surface area contributed by atoms with Crippen LogP contribution in [-0.4, -0.2) is 27.5 Å². The Labute approximate surface area is 146 Å². The molecule has 5 rings (SSSR count). The standard InChI is InChI=1S/C20H21N5/c1-12-9-10-25(12)20-23-17-4-2-3-15(17)19(24-20)14-5-7-16-13(11-14)6-8-18(21)22-16/h5-8,11-12H,2-4,9-10H2,1H3,(H2,21,22). The fraction of sp³-hybridized carbons (Fsp3) is 0.350. The van der Waals surface area contributed by atoms with Gasteiger partial charge in [-0.25, -0.2) is 15.0 Å². The highest BCUT2D eigenvalue weighted by molar-refractivity contribution is 5.85. The van der Waals surface area contributed by atoms with E-state index in [1.807, 2.05) is 18.2 Å². The van der Waals surface area contributed by atoms with Gasteiger partial charge in [0.1, 0.15) is 5.82 Å². The number of hydrogen-bond acceptors (Lipinski definition) is 5. The van der Waals surface area contributed by atoms with Crippen molar-refractivity contribution in [2.24, 2.45) is 0 Å². The minimum absolute atomic E-state index is 0.538. The van der Waals surface area contributed by atoms with Crippen LogP contribution in [0.1, 0.15) is 31.0 Å². The van der Waals surface area contributed by atoms with Crippen LogP contribution in [0.3, 0.4) is 0 Å². The van der Waals surface area contributed by atoms with Crippen LogP contribution in [0.4, 0.5) is 11.8 Å². The van der Waals surface area contributed by atoms with Crippen molar-refractivity contribution in [2.75, 3.05) is 17.2 Å². The predicted molar refractivity (Wildman–Crippen MR) is 101 cm³/mol. The van der Waals surface area contributed by atoms with E-state index in [0.717, 1.165) is 47.5 Å². The highest BCUT2D eigenvalue weighted by atomic mass is 15.3. The SMILES string of the molecule is CC1CCN1c1nc2c(c(-c3ccc4nc(N)ccc4c3)n1)CCC2. The summed E-state index contributed by atoms with van der Waals surface area (Å²) in [4.78, 5) is 16.6. The predicted octanol–water partition coefficient (Wildman–Crippen LogP) is 3.36. The van der Waals surface area contributed by atoms with Crippen molar-refractivity contribution in [1.29, 1.82) is 0 Å². The monoisotopic (exact) mass is 331 g/mol. The van der Waals surface area contributed by atoms with Crippen molar-refractivity contribution in [3.63, 3.8) is 0 Å². The third kappa shape index (κ3) is 2.34. The van der Waals surface area contributed by atoms with E-state index in [-0.39, 0.29) is 0 Å². The van der Waals surface area contributed by atoms with Gasteiger partial charge >= 0.3 is 0 Å². The normalized spacial score (nSPS) is 19.1. The molecule has 1 aromatic carbocycles. The molecule has 1 saturated heterocycles. The quantitative estimate of drug-likeness (QED) is 0.780. The maximum absolute atomic E-state index is 5.80. The number of aromatic nitrogens is 3. The lowest BCUT2D eigenvalue weighted by Gasteiger charge is -2.39. The van der Waals surface area contributed by atoms with Crippen molar-refractivity contribution in [3.05, 3.63) is 41.6 Å². The van der Waals surface area contributed by atoms with E-state index in [9.17, 15) is 0 Å². The Balaban J connectivity index is 1.66. The fourth-order valence-electron chi connectivity index (χ4n) is 3.89. The van der Waals surface area contributed by atoms with Gasteiger partial charge in [-0.1, -0.05) is 6.07 Å². The Morgan fingerprint density at radius 3 is 2.80 bits per heavy atom. The van der Waals surface area contributed by atoms with Gasteiger partial charge in [-0.05, 0) is 56.9 Å². The van der Waals surface area contributed by atoms with Crippen molar-refractivity contribution in [3.8, 4) is 11.3 Å². The Morgan fingerprint density at radius 1 is 1.08 bits per heavy atom. The first-order chi connectivity index (χ1) is 12.2. The minimum Gasteiger partial charge on any atom is -0.384 e. The molecule has 25 heavy (non-hydrogen) atoms. The van der Waals surface area contributed by atoms with Crippen LogP contribution in [0.5, 0.6) is 0 Å². The third-order valence-electron chi connectivity index (χ3n) is 5.48. The summed E-state index contributed by atoms with van der Waals surface area (Å²) in [5.41, 5.74) is 11.5.